The topological polar surface area (TPSA) is 71.1 Å². The standard InChI is InChI=1S/C26H32ClN3O4/c1-33-22-12-11-21(17-23(22)34-2)28-25(31)24(18-5-3-4-6-18)29-13-15-30(16-14-29)26(32)19-7-9-20(27)10-8-19/h7-12,17-18,24H,3-6,13-16H2,1-2H3,(H,28,31). The number of methoxy groups -OCH3 is 2. The number of hydrogen-bond donors (Lipinski definition) is 1. The number of carbonyl (C=O) groups is 2. The number of benzene rings is 2. The van der Waals surface area contributed by atoms with E-state index in [0.717, 1.165) is 25.7 Å². The number of carbonyl (C=O) groups excluding carboxylic acids is 2. The Hall–Kier alpha value is -2.77. The predicted octanol–water partition coefficient (Wildman–Crippen LogP) is 4.31. The van der Waals surface area contributed by atoms with E-state index >= 15 is 0 Å². The van der Waals surface area contributed by atoms with E-state index in [0.29, 0.717) is 59.9 Å². The number of nitrogens with one attached hydrogen (secondary N) is 1. The minimum Gasteiger partial charge on any atom is -0.493 e. The molecule has 182 valence electrons. The Bertz CT molecular complexity index is 1000. The highest BCUT2D eigenvalue weighted by Crippen LogP contribution is 2.33. The molecule has 1 saturated heterocycles. The molecule has 4 rings (SSSR count). The zero-order chi connectivity index (χ0) is 24.1. The van der Waals surface area contributed by atoms with Crippen molar-refractivity contribution < 1.29 is 19.1 Å². The van der Waals surface area contributed by atoms with E-state index in [-0.39, 0.29) is 17.9 Å². The lowest BCUT2D eigenvalue weighted by atomic mass is 9.94. The number of hydrogen-bond acceptors (Lipinski definition) is 5. The van der Waals surface area contributed by atoms with Crippen molar-refractivity contribution in [2.24, 2.45) is 5.92 Å². The summed E-state index contributed by atoms with van der Waals surface area (Å²) in [5, 5.41) is 3.71. The van der Waals surface area contributed by atoms with Crippen molar-refractivity contribution in [2.75, 3.05) is 45.7 Å². The number of piperazine rings is 1. The number of ether oxygens (including phenoxy) is 2. The van der Waals surface area contributed by atoms with E-state index in [9.17, 15) is 9.59 Å². The van der Waals surface area contributed by atoms with Gasteiger partial charge in [-0.15, -0.1) is 0 Å². The fraction of sp³-hybridized carbons (Fsp3) is 0.462. The molecule has 1 unspecified atom stereocenters. The lowest BCUT2D eigenvalue weighted by Gasteiger charge is -2.40. The molecule has 1 heterocycles. The maximum absolute atomic E-state index is 13.5. The van der Waals surface area contributed by atoms with Gasteiger partial charge in [0, 0.05) is 48.5 Å². The first-order chi connectivity index (χ1) is 16.5. The molecule has 2 fully saturated rings. The van der Waals surface area contributed by atoms with Crippen LogP contribution in [0.3, 0.4) is 0 Å². The highest BCUT2D eigenvalue weighted by atomic mass is 35.5. The highest BCUT2D eigenvalue weighted by molar-refractivity contribution is 6.30. The summed E-state index contributed by atoms with van der Waals surface area (Å²) in [5.41, 5.74) is 1.32. The van der Waals surface area contributed by atoms with Gasteiger partial charge in [0.25, 0.3) is 5.91 Å². The Morgan fingerprint density at radius 2 is 1.59 bits per heavy atom. The third-order valence-corrected chi connectivity index (χ3v) is 7.10. The van der Waals surface area contributed by atoms with Gasteiger partial charge in [0.2, 0.25) is 5.91 Å². The normalized spacial score (nSPS) is 17.9. The molecular formula is C26H32ClN3O4. The van der Waals surface area contributed by atoms with Gasteiger partial charge in [0.15, 0.2) is 11.5 Å². The second-order valence-electron chi connectivity index (χ2n) is 8.88. The lowest BCUT2D eigenvalue weighted by molar-refractivity contribution is -0.123. The highest BCUT2D eigenvalue weighted by Gasteiger charge is 2.37. The summed E-state index contributed by atoms with van der Waals surface area (Å²) in [6, 6.07) is 12.2. The molecule has 1 aliphatic heterocycles. The largest absolute Gasteiger partial charge is 0.493 e. The molecule has 1 saturated carbocycles. The van der Waals surface area contributed by atoms with Crippen LogP contribution in [0.4, 0.5) is 5.69 Å². The average Bonchev–Trinajstić information content (AvgIpc) is 3.39. The number of anilines is 1. The van der Waals surface area contributed by atoms with Gasteiger partial charge in [-0.2, -0.15) is 0 Å². The third-order valence-electron chi connectivity index (χ3n) is 6.85. The minimum absolute atomic E-state index is 0.00315. The molecule has 8 heteroatoms. The molecule has 1 atom stereocenters. The van der Waals surface area contributed by atoms with Crippen LogP contribution in [0.15, 0.2) is 42.5 Å². The average molecular weight is 486 g/mol. The van der Waals surface area contributed by atoms with Crippen LogP contribution in [-0.2, 0) is 4.79 Å². The van der Waals surface area contributed by atoms with E-state index in [1.54, 1.807) is 50.6 Å². The van der Waals surface area contributed by atoms with Crippen LogP contribution in [0.25, 0.3) is 0 Å². The van der Waals surface area contributed by atoms with E-state index in [1.165, 1.54) is 0 Å². The predicted molar refractivity (Wildman–Crippen MR) is 133 cm³/mol. The molecule has 1 aliphatic carbocycles. The van der Waals surface area contributed by atoms with Crippen LogP contribution in [0.5, 0.6) is 11.5 Å². The van der Waals surface area contributed by atoms with Crippen molar-refractivity contribution in [3.63, 3.8) is 0 Å². The summed E-state index contributed by atoms with van der Waals surface area (Å²) in [5.74, 6) is 1.51. The molecule has 34 heavy (non-hydrogen) atoms. The molecule has 0 radical (unpaired) electrons. The Morgan fingerprint density at radius 3 is 2.21 bits per heavy atom. The van der Waals surface area contributed by atoms with Gasteiger partial charge in [-0.05, 0) is 55.2 Å². The van der Waals surface area contributed by atoms with Gasteiger partial charge in [-0.3, -0.25) is 14.5 Å². The zero-order valence-electron chi connectivity index (χ0n) is 19.8. The first-order valence-electron chi connectivity index (χ1n) is 11.8. The van der Waals surface area contributed by atoms with Gasteiger partial charge >= 0.3 is 0 Å². The van der Waals surface area contributed by atoms with Gasteiger partial charge in [-0.25, -0.2) is 0 Å². The van der Waals surface area contributed by atoms with E-state index in [4.69, 9.17) is 21.1 Å². The van der Waals surface area contributed by atoms with Crippen molar-refractivity contribution >= 4 is 29.1 Å². The van der Waals surface area contributed by atoms with Crippen molar-refractivity contribution in [2.45, 2.75) is 31.7 Å². The van der Waals surface area contributed by atoms with Crippen molar-refractivity contribution in [3.8, 4) is 11.5 Å². The number of amides is 2. The van der Waals surface area contributed by atoms with Gasteiger partial charge < -0.3 is 19.7 Å². The van der Waals surface area contributed by atoms with Gasteiger partial charge in [0.05, 0.1) is 20.3 Å². The van der Waals surface area contributed by atoms with Gasteiger partial charge in [-0.1, -0.05) is 24.4 Å². The van der Waals surface area contributed by atoms with Crippen molar-refractivity contribution in [1.29, 1.82) is 0 Å². The Balaban J connectivity index is 1.44. The van der Waals surface area contributed by atoms with E-state index < -0.39 is 0 Å². The maximum atomic E-state index is 13.5. The first kappa shape index (κ1) is 24.4. The summed E-state index contributed by atoms with van der Waals surface area (Å²) in [6.45, 7) is 2.52. The summed E-state index contributed by atoms with van der Waals surface area (Å²) < 4.78 is 10.7. The molecule has 1 N–H and O–H groups in total. The number of halogens is 1. The first-order valence-corrected chi connectivity index (χ1v) is 12.2. The van der Waals surface area contributed by atoms with E-state index in [2.05, 4.69) is 10.2 Å². The molecular weight excluding hydrogens is 454 g/mol. The quantitative estimate of drug-likeness (QED) is 0.632. The molecule has 7 nitrogen and oxygen atoms in total. The van der Waals surface area contributed by atoms with Crippen LogP contribution >= 0.6 is 11.6 Å². The molecule has 0 spiro atoms. The minimum atomic E-state index is -0.219. The van der Waals surface area contributed by atoms with Crippen molar-refractivity contribution in [1.82, 2.24) is 9.80 Å². The Morgan fingerprint density at radius 1 is 0.941 bits per heavy atom. The molecule has 2 aromatic carbocycles. The second kappa shape index (κ2) is 11.1. The van der Waals surface area contributed by atoms with Crippen LogP contribution in [0, 0.1) is 5.92 Å². The smallest absolute Gasteiger partial charge is 0.253 e. The summed E-state index contributed by atoms with van der Waals surface area (Å²) in [7, 11) is 3.17. The summed E-state index contributed by atoms with van der Waals surface area (Å²) in [4.78, 5) is 30.5. The van der Waals surface area contributed by atoms with Gasteiger partial charge in [0.1, 0.15) is 0 Å². The Kier molecular flexibility index (Phi) is 7.95. The molecule has 0 aromatic heterocycles. The third kappa shape index (κ3) is 5.47. The fourth-order valence-electron chi connectivity index (χ4n) is 5.06. The van der Waals surface area contributed by atoms with Crippen LogP contribution in [0.2, 0.25) is 5.02 Å². The number of rotatable bonds is 7. The van der Waals surface area contributed by atoms with Crippen LogP contribution < -0.4 is 14.8 Å². The number of nitrogens with zero attached hydrogens (tertiary/aromatic N) is 2. The second-order valence-corrected chi connectivity index (χ2v) is 9.32. The van der Waals surface area contributed by atoms with Crippen molar-refractivity contribution in [3.05, 3.63) is 53.1 Å². The lowest BCUT2D eigenvalue weighted by Crippen LogP contribution is -2.56. The van der Waals surface area contributed by atoms with E-state index in [1.807, 2.05) is 11.0 Å². The Labute approximate surface area is 206 Å². The van der Waals surface area contributed by atoms with Crippen LogP contribution in [0.1, 0.15) is 36.0 Å². The SMILES string of the molecule is COc1ccc(NC(=O)C(C2CCCC2)N2CCN(C(=O)c3ccc(Cl)cc3)CC2)cc1OC. The fourth-order valence-corrected chi connectivity index (χ4v) is 5.19. The summed E-state index contributed by atoms with van der Waals surface area (Å²) in [6.07, 6.45) is 4.40. The molecule has 0 bridgehead atoms. The monoisotopic (exact) mass is 485 g/mol. The zero-order valence-corrected chi connectivity index (χ0v) is 20.5. The summed E-state index contributed by atoms with van der Waals surface area (Å²) >= 11 is 5.96. The van der Waals surface area contributed by atoms with Crippen LogP contribution in [-0.4, -0.2) is 68.1 Å². The molecule has 2 aliphatic rings. The molecule has 2 aromatic rings. The maximum Gasteiger partial charge on any atom is 0.253 e. The molecule has 2 amide bonds.